The van der Waals surface area contributed by atoms with Crippen LogP contribution < -0.4 is 0 Å². The fourth-order valence-corrected chi connectivity index (χ4v) is 2.51. The second kappa shape index (κ2) is 4.34. The van der Waals surface area contributed by atoms with Gasteiger partial charge >= 0.3 is 0 Å². The Morgan fingerprint density at radius 2 is 1.81 bits per heavy atom. The molecule has 0 amide bonds. The molecule has 4 rings (SSSR count). The number of aromatic nitrogens is 4. The third-order valence-electron chi connectivity index (χ3n) is 3.48. The number of nitrogens with zero attached hydrogens (tertiary/aromatic N) is 4. The molecule has 0 saturated carbocycles. The molecular formula is C16H11FN4. The lowest BCUT2D eigenvalue weighted by Gasteiger charge is -2.05. The molecule has 102 valence electrons. The Morgan fingerprint density at radius 1 is 1.00 bits per heavy atom. The van der Waals surface area contributed by atoms with Gasteiger partial charge in [0.05, 0.1) is 11.2 Å². The van der Waals surface area contributed by atoms with E-state index in [-0.39, 0.29) is 5.82 Å². The topological polar surface area (TPSA) is 43.1 Å². The van der Waals surface area contributed by atoms with Gasteiger partial charge in [-0.15, -0.1) is 10.2 Å². The van der Waals surface area contributed by atoms with Crippen molar-refractivity contribution in [2.75, 3.05) is 0 Å². The predicted octanol–water partition coefficient (Wildman–Crippen LogP) is 3.39. The summed E-state index contributed by atoms with van der Waals surface area (Å²) >= 11 is 0. The number of rotatable bonds is 1. The number of fused-ring (bicyclic) bond motifs is 3. The van der Waals surface area contributed by atoms with Crippen molar-refractivity contribution in [3.05, 3.63) is 60.0 Å². The monoisotopic (exact) mass is 278 g/mol. The largest absolute Gasteiger partial charge is 0.273 e. The van der Waals surface area contributed by atoms with E-state index in [0.29, 0.717) is 16.7 Å². The molecule has 0 spiro atoms. The van der Waals surface area contributed by atoms with E-state index in [1.807, 2.05) is 41.7 Å². The summed E-state index contributed by atoms with van der Waals surface area (Å²) in [4.78, 5) is 4.58. The van der Waals surface area contributed by atoms with Crippen LogP contribution in [0.1, 0.15) is 5.69 Å². The molecule has 0 saturated heterocycles. The van der Waals surface area contributed by atoms with Gasteiger partial charge in [-0.1, -0.05) is 30.3 Å². The van der Waals surface area contributed by atoms with Crippen LogP contribution >= 0.6 is 0 Å². The molecule has 5 heteroatoms. The third kappa shape index (κ3) is 1.78. The van der Waals surface area contributed by atoms with Crippen LogP contribution in [0.5, 0.6) is 0 Å². The van der Waals surface area contributed by atoms with Gasteiger partial charge in [0, 0.05) is 11.6 Å². The summed E-state index contributed by atoms with van der Waals surface area (Å²) in [5.41, 5.74) is 3.68. The molecule has 0 fully saturated rings. The third-order valence-corrected chi connectivity index (χ3v) is 3.48. The van der Waals surface area contributed by atoms with E-state index in [9.17, 15) is 4.39 Å². The first-order chi connectivity index (χ1) is 10.2. The highest BCUT2D eigenvalue weighted by atomic mass is 19.1. The van der Waals surface area contributed by atoms with E-state index in [1.54, 1.807) is 6.07 Å². The highest BCUT2D eigenvalue weighted by Gasteiger charge is 2.14. The maximum absolute atomic E-state index is 13.6. The van der Waals surface area contributed by atoms with Gasteiger partial charge in [0.1, 0.15) is 17.2 Å². The van der Waals surface area contributed by atoms with Gasteiger partial charge in [-0.25, -0.2) is 9.37 Å². The van der Waals surface area contributed by atoms with Gasteiger partial charge in [0.25, 0.3) is 0 Å². The highest BCUT2D eigenvalue weighted by Crippen LogP contribution is 2.25. The van der Waals surface area contributed by atoms with Crippen molar-refractivity contribution in [3.8, 4) is 11.4 Å². The minimum absolute atomic E-state index is 0.304. The molecule has 0 aliphatic rings. The maximum Gasteiger partial charge on any atom is 0.183 e. The molecule has 0 radical (unpaired) electrons. The van der Waals surface area contributed by atoms with Crippen molar-refractivity contribution < 1.29 is 4.39 Å². The van der Waals surface area contributed by atoms with Crippen molar-refractivity contribution in [1.82, 2.24) is 19.6 Å². The Kier molecular flexibility index (Phi) is 2.47. The van der Waals surface area contributed by atoms with Crippen LogP contribution in [-0.2, 0) is 0 Å². The summed E-state index contributed by atoms with van der Waals surface area (Å²) in [5, 5.41) is 8.35. The minimum Gasteiger partial charge on any atom is -0.273 e. The number of hydrogen-bond donors (Lipinski definition) is 0. The van der Waals surface area contributed by atoms with Gasteiger partial charge in [-0.3, -0.25) is 4.40 Å². The van der Waals surface area contributed by atoms with Gasteiger partial charge in [0.2, 0.25) is 0 Å². The highest BCUT2D eigenvalue weighted by molar-refractivity contribution is 5.80. The molecule has 0 aliphatic carbocycles. The lowest BCUT2D eigenvalue weighted by Crippen LogP contribution is -1.97. The molecule has 0 aliphatic heterocycles. The smallest absolute Gasteiger partial charge is 0.183 e. The van der Waals surface area contributed by atoms with Crippen LogP contribution in [0, 0.1) is 12.7 Å². The Bertz CT molecular complexity index is 960. The number of imidazole rings is 1. The molecule has 2 heterocycles. The van der Waals surface area contributed by atoms with E-state index < -0.39 is 0 Å². The quantitative estimate of drug-likeness (QED) is 0.536. The molecule has 2 aromatic heterocycles. The Hall–Kier alpha value is -2.82. The molecule has 4 aromatic rings. The summed E-state index contributed by atoms with van der Waals surface area (Å²) in [6, 6.07) is 14.3. The summed E-state index contributed by atoms with van der Waals surface area (Å²) in [6.45, 7) is 1.88. The zero-order valence-electron chi connectivity index (χ0n) is 11.3. The first-order valence-electron chi connectivity index (χ1n) is 6.60. The number of aryl methyl sites for hydroxylation is 1. The van der Waals surface area contributed by atoms with Crippen LogP contribution in [0.4, 0.5) is 4.39 Å². The molecule has 0 N–H and O–H groups in total. The summed E-state index contributed by atoms with van der Waals surface area (Å²) in [5.74, 6) is 0.441. The van der Waals surface area contributed by atoms with Crippen molar-refractivity contribution in [3.63, 3.8) is 0 Å². The second-order valence-electron chi connectivity index (χ2n) is 4.88. The first-order valence-corrected chi connectivity index (χ1v) is 6.60. The van der Waals surface area contributed by atoms with Crippen molar-refractivity contribution >= 4 is 16.7 Å². The van der Waals surface area contributed by atoms with Crippen LogP contribution in [0.25, 0.3) is 28.1 Å². The second-order valence-corrected chi connectivity index (χ2v) is 4.88. The Morgan fingerprint density at radius 3 is 2.62 bits per heavy atom. The van der Waals surface area contributed by atoms with E-state index >= 15 is 0 Å². The van der Waals surface area contributed by atoms with Gasteiger partial charge in [-0.05, 0) is 19.1 Å². The van der Waals surface area contributed by atoms with E-state index in [4.69, 9.17) is 0 Å². The average molecular weight is 278 g/mol. The SMILES string of the molecule is Cc1nc(-c2ccccc2)n2c1nnc1ccc(F)cc12. The average Bonchev–Trinajstić information content (AvgIpc) is 2.86. The zero-order chi connectivity index (χ0) is 14.4. The van der Waals surface area contributed by atoms with E-state index in [2.05, 4.69) is 15.2 Å². The lowest BCUT2D eigenvalue weighted by atomic mass is 10.2. The molecular weight excluding hydrogens is 267 g/mol. The minimum atomic E-state index is -0.304. The van der Waals surface area contributed by atoms with Gasteiger partial charge in [0.15, 0.2) is 5.65 Å². The number of hydrogen-bond acceptors (Lipinski definition) is 3. The fourth-order valence-electron chi connectivity index (χ4n) is 2.51. The molecule has 0 bridgehead atoms. The van der Waals surface area contributed by atoms with Crippen LogP contribution in [-0.4, -0.2) is 19.6 Å². The van der Waals surface area contributed by atoms with Gasteiger partial charge in [-0.2, -0.15) is 0 Å². The molecule has 0 atom stereocenters. The van der Waals surface area contributed by atoms with E-state index in [0.717, 1.165) is 17.1 Å². The predicted molar refractivity (Wildman–Crippen MR) is 78.4 cm³/mol. The maximum atomic E-state index is 13.6. The standard InChI is InChI=1S/C16H11FN4/c1-10-15-20-19-13-8-7-12(17)9-14(13)21(15)16(18-10)11-5-3-2-4-6-11/h2-9H,1H3. The van der Waals surface area contributed by atoms with Crippen LogP contribution in [0.2, 0.25) is 0 Å². The Balaban J connectivity index is 2.19. The van der Waals surface area contributed by atoms with Gasteiger partial charge < -0.3 is 0 Å². The number of benzene rings is 2. The van der Waals surface area contributed by atoms with Crippen molar-refractivity contribution in [2.24, 2.45) is 0 Å². The molecule has 2 aromatic carbocycles. The molecule has 4 nitrogen and oxygen atoms in total. The summed E-state index contributed by atoms with van der Waals surface area (Å²) in [6.07, 6.45) is 0. The first kappa shape index (κ1) is 12.0. The van der Waals surface area contributed by atoms with E-state index in [1.165, 1.54) is 12.1 Å². The van der Waals surface area contributed by atoms with Crippen LogP contribution in [0.3, 0.4) is 0 Å². The Labute approximate surface area is 119 Å². The fraction of sp³-hybridized carbons (Fsp3) is 0.0625. The van der Waals surface area contributed by atoms with Crippen LogP contribution in [0.15, 0.2) is 48.5 Å². The normalized spacial score (nSPS) is 11.3. The lowest BCUT2D eigenvalue weighted by molar-refractivity contribution is 0.629. The summed E-state index contributed by atoms with van der Waals surface area (Å²) in [7, 11) is 0. The summed E-state index contributed by atoms with van der Waals surface area (Å²) < 4.78 is 15.5. The zero-order valence-corrected chi connectivity index (χ0v) is 11.3. The number of halogens is 1. The van der Waals surface area contributed by atoms with Crippen molar-refractivity contribution in [1.29, 1.82) is 0 Å². The van der Waals surface area contributed by atoms with Crippen molar-refractivity contribution in [2.45, 2.75) is 6.92 Å². The molecule has 21 heavy (non-hydrogen) atoms. The molecule has 0 unspecified atom stereocenters.